The summed E-state index contributed by atoms with van der Waals surface area (Å²) in [7, 11) is 0. The monoisotopic (exact) mass is 891 g/mol. The van der Waals surface area contributed by atoms with E-state index in [9.17, 15) is 28.4 Å². The van der Waals surface area contributed by atoms with Gasteiger partial charge < -0.3 is 25.0 Å². The number of hydrogen-bond acceptors (Lipinski definition) is 13. The topological polar surface area (TPSA) is 179 Å². The summed E-state index contributed by atoms with van der Waals surface area (Å²) < 4.78 is 25.6. The molecule has 6 aliphatic rings. The zero-order valence-corrected chi connectivity index (χ0v) is 35.7. The molecule has 10 rings (SSSR count). The molecule has 4 aromatic rings. The number of rotatable bonds is 12. The minimum absolute atomic E-state index is 0.0233. The van der Waals surface area contributed by atoms with Crippen LogP contribution >= 0.6 is 11.6 Å². The van der Waals surface area contributed by atoms with E-state index in [2.05, 4.69) is 40.6 Å². The Kier molecular flexibility index (Phi) is 11.5. The lowest BCUT2D eigenvalue weighted by Crippen LogP contribution is -2.54. The Labute approximate surface area is 373 Å². The number of carbonyl (C=O) groups is 5. The number of hydrogen-bond donors (Lipinski definition) is 3. The fraction of sp³-hybridized carbons (Fsp3) is 0.413. The molecule has 7 heterocycles. The van der Waals surface area contributed by atoms with Crippen molar-refractivity contribution in [2.75, 3.05) is 68.0 Å². The van der Waals surface area contributed by atoms with Crippen LogP contribution in [0.25, 0.3) is 10.9 Å². The fourth-order valence-electron chi connectivity index (χ4n) is 9.97. The molecule has 16 nitrogen and oxygen atoms in total. The van der Waals surface area contributed by atoms with Crippen molar-refractivity contribution in [1.82, 2.24) is 30.0 Å². The van der Waals surface area contributed by atoms with Crippen LogP contribution in [-0.4, -0.2) is 131 Å². The highest BCUT2D eigenvalue weighted by atomic mass is 35.5. The lowest BCUT2D eigenvalue weighted by atomic mass is 9.95. The van der Waals surface area contributed by atoms with Crippen molar-refractivity contribution in [3.8, 4) is 5.75 Å². The number of nitrogens with one attached hydrogen (secondary N) is 3. The standard InChI is InChI=1S/C46H47ClFN9O7/c47-35-16-27(3-6-36(35)48)51-43-34-19-38(40(20-37(34)49-25-50-43)64-31-11-15-63-24-31)52-41(58)2-1-12-54-13-9-26(10-14-54)21-55-22-30-17-29(55)23-56(30)28-4-5-32-33(18-28)46(62)57(45(32)61)39-7-8-42(59)53-44(39)60/h1-6,16,18-20,25-26,29-31,39H,7-15,17,21-24H2,(H,52,58)(H,49,50,51)(H,53,59,60)/b2-1+/t29?,30?,31-,39?/m0/s1. The van der Waals surface area contributed by atoms with Gasteiger partial charge in [0.1, 0.15) is 35.9 Å². The average Bonchev–Trinajstić information content (AvgIpc) is 4.09. The van der Waals surface area contributed by atoms with Crippen molar-refractivity contribution in [2.24, 2.45) is 5.92 Å². The maximum atomic E-state index is 13.8. The molecule has 64 heavy (non-hydrogen) atoms. The van der Waals surface area contributed by atoms with Gasteiger partial charge >= 0.3 is 0 Å². The largest absolute Gasteiger partial charge is 0.486 e. The van der Waals surface area contributed by atoms with E-state index in [1.54, 1.807) is 36.4 Å². The molecule has 3 unspecified atom stereocenters. The van der Waals surface area contributed by atoms with E-state index in [0.29, 0.717) is 82.7 Å². The van der Waals surface area contributed by atoms with Gasteiger partial charge in [-0.25, -0.2) is 14.4 Å². The Morgan fingerprint density at radius 2 is 1.81 bits per heavy atom. The summed E-state index contributed by atoms with van der Waals surface area (Å²) in [5, 5.41) is 9.03. The first-order chi connectivity index (χ1) is 31.0. The molecule has 3 aromatic carbocycles. The second-order valence-electron chi connectivity index (χ2n) is 17.4. The summed E-state index contributed by atoms with van der Waals surface area (Å²) in [6, 6.07) is 13.0. The number of likely N-dealkylation sites (tertiary alicyclic amines) is 2. The van der Waals surface area contributed by atoms with Crippen LogP contribution in [0.1, 0.15) is 59.2 Å². The third-order valence-electron chi connectivity index (χ3n) is 13.3. The van der Waals surface area contributed by atoms with Crippen LogP contribution in [0.3, 0.4) is 0 Å². The average molecular weight is 892 g/mol. The second kappa shape index (κ2) is 17.5. The lowest BCUT2D eigenvalue weighted by molar-refractivity contribution is -0.136. The van der Waals surface area contributed by atoms with Crippen molar-refractivity contribution in [1.29, 1.82) is 0 Å². The number of amides is 5. The van der Waals surface area contributed by atoms with E-state index in [1.165, 1.54) is 18.5 Å². The molecule has 5 fully saturated rings. The summed E-state index contributed by atoms with van der Waals surface area (Å²) in [6.45, 7) is 6.36. The van der Waals surface area contributed by atoms with Crippen molar-refractivity contribution in [2.45, 2.75) is 62.8 Å². The first-order valence-electron chi connectivity index (χ1n) is 21.9. The molecule has 0 radical (unpaired) electrons. The van der Waals surface area contributed by atoms with Gasteiger partial charge in [0.25, 0.3) is 11.8 Å². The molecule has 1 aromatic heterocycles. The zero-order chi connectivity index (χ0) is 44.1. The molecule has 0 saturated carbocycles. The number of ether oxygens (including phenoxy) is 2. The predicted molar refractivity (Wildman–Crippen MR) is 235 cm³/mol. The Hall–Kier alpha value is -6.01. The van der Waals surface area contributed by atoms with Crippen LogP contribution < -0.4 is 25.6 Å². The molecule has 6 aliphatic heterocycles. The number of halogens is 2. The van der Waals surface area contributed by atoms with Gasteiger partial charge in [0.2, 0.25) is 17.7 Å². The van der Waals surface area contributed by atoms with Crippen molar-refractivity contribution in [3.63, 3.8) is 0 Å². The number of benzene rings is 3. The normalized spacial score (nSPS) is 24.0. The highest BCUT2D eigenvalue weighted by molar-refractivity contribution is 6.31. The molecule has 5 amide bonds. The lowest BCUT2D eigenvalue weighted by Gasteiger charge is -2.39. The van der Waals surface area contributed by atoms with Gasteiger partial charge in [-0.15, -0.1) is 0 Å². The number of imide groups is 2. The van der Waals surface area contributed by atoms with Crippen LogP contribution in [0.5, 0.6) is 5.75 Å². The van der Waals surface area contributed by atoms with E-state index < -0.39 is 35.5 Å². The summed E-state index contributed by atoms with van der Waals surface area (Å²) >= 11 is 6.02. The maximum Gasteiger partial charge on any atom is 0.262 e. The Bertz CT molecular complexity index is 2580. The van der Waals surface area contributed by atoms with Crippen molar-refractivity contribution < 1.29 is 37.8 Å². The molecule has 5 saturated heterocycles. The Morgan fingerprint density at radius 1 is 0.969 bits per heavy atom. The zero-order valence-electron chi connectivity index (χ0n) is 34.9. The van der Waals surface area contributed by atoms with Crippen LogP contribution in [0.2, 0.25) is 5.02 Å². The van der Waals surface area contributed by atoms with Gasteiger partial charge in [0, 0.05) is 80.0 Å². The fourth-order valence-corrected chi connectivity index (χ4v) is 10.1. The number of aromatic nitrogens is 2. The van der Waals surface area contributed by atoms with Gasteiger partial charge in [-0.1, -0.05) is 17.7 Å². The van der Waals surface area contributed by atoms with Gasteiger partial charge in [-0.05, 0) is 87.2 Å². The van der Waals surface area contributed by atoms with Crippen LogP contribution in [0.15, 0.2) is 67.0 Å². The van der Waals surface area contributed by atoms with Crippen molar-refractivity contribution in [3.05, 3.63) is 89.0 Å². The molecule has 3 N–H and O–H groups in total. The van der Waals surface area contributed by atoms with Gasteiger partial charge in [0.05, 0.1) is 40.6 Å². The third kappa shape index (κ3) is 8.40. The Morgan fingerprint density at radius 3 is 2.58 bits per heavy atom. The summed E-state index contributed by atoms with van der Waals surface area (Å²) in [5.74, 6) is -1.33. The van der Waals surface area contributed by atoms with Crippen LogP contribution in [0, 0.1) is 11.7 Å². The second-order valence-corrected chi connectivity index (χ2v) is 17.8. The predicted octanol–water partition coefficient (Wildman–Crippen LogP) is 4.90. The highest BCUT2D eigenvalue weighted by Crippen LogP contribution is 2.39. The molecule has 0 spiro atoms. The Balaban J connectivity index is 0.716. The minimum atomic E-state index is -0.984. The third-order valence-corrected chi connectivity index (χ3v) is 13.6. The number of carbonyl (C=O) groups excluding carboxylic acids is 5. The van der Waals surface area contributed by atoms with E-state index in [1.807, 2.05) is 12.1 Å². The van der Waals surface area contributed by atoms with E-state index in [4.69, 9.17) is 21.1 Å². The van der Waals surface area contributed by atoms with E-state index in [0.717, 1.165) is 69.0 Å². The summed E-state index contributed by atoms with van der Waals surface area (Å²) in [6.07, 6.45) is 8.80. The first kappa shape index (κ1) is 42.0. The SMILES string of the molecule is O=C(/C=C/CN1CCC(CN2CC3CC2CN3c2ccc3c(c2)C(=O)N(C2CCC(=O)NC2=O)C3=O)CC1)Nc1cc2c(Nc3ccc(F)c(Cl)c3)ncnc2cc1O[C@H]1CCOC1. The van der Waals surface area contributed by atoms with Crippen molar-refractivity contribution >= 4 is 74.9 Å². The summed E-state index contributed by atoms with van der Waals surface area (Å²) in [4.78, 5) is 81.4. The van der Waals surface area contributed by atoms with Gasteiger partial charge in [-0.2, -0.15) is 0 Å². The van der Waals surface area contributed by atoms with Gasteiger partial charge in [0.15, 0.2) is 0 Å². The molecule has 332 valence electrons. The van der Waals surface area contributed by atoms with Gasteiger partial charge in [-0.3, -0.25) is 44.0 Å². The maximum absolute atomic E-state index is 13.8. The first-order valence-corrected chi connectivity index (χ1v) is 22.2. The number of fused-ring (bicyclic) bond motifs is 4. The quantitative estimate of drug-likeness (QED) is 0.129. The highest BCUT2D eigenvalue weighted by Gasteiger charge is 2.47. The van der Waals surface area contributed by atoms with Crippen LogP contribution in [0.4, 0.5) is 27.3 Å². The molecule has 18 heteroatoms. The smallest absolute Gasteiger partial charge is 0.262 e. The molecule has 0 aliphatic carbocycles. The van der Waals surface area contributed by atoms with E-state index in [-0.39, 0.29) is 29.9 Å². The summed E-state index contributed by atoms with van der Waals surface area (Å²) in [5.41, 5.74) is 3.10. The van der Waals surface area contributed by atoms with E-state index >= 15 is 0 Å². The number of anilines is 4. The number of piperazine rings is 1. The molecular formula is C46H47ClFN9O7. The molecule has 4 atom stereocenters. The number of nitrogens with zero attached hydrogens (tertiary/aromatic N) is 6. The molecular weight excluding hydrogens is 845 g/mol. The van der Waals surface area contributed by atoms with Crippen LogP contribution in [-0.2, 0) is 19.1 Å². The number of piperidine rings is 2. The molecule has 2 bridgehead atoms. The minimum Gasteiger partial charge on any atom is -0.486 e.